The van der Waals surface area contributed by atoms with Crippen LogP contribution in [0.15, 0.2) is 42.5 Å². The molecule has 0 radical (unpaired) electrons. The van der Waals surface area contributed by atoms with Crippen LogP contribution in [-0.4, -0.2) is 5.84 Å². The molecule has 2 aromatic carbocycles. The van der Waals surface area contributed by atoms with Gasteiger partial charge in [0.1, 0.15) is 18.2 Å². The van der Waals surface area contributed by atoms with E-state index < -0.39 is 11.6 Å². The normalized spacial score (nSPS) is 10.2. The van der Waals surface area contributed by atoms with Gasteiger partial charge in [-0.2, -0.15) is 0 Å². The van der Waals surface area contributed by atoms with Gasteiger partial charge < -0.3 is 10.5 Å². The predicted molar refractivity (Wildman–Crippen MR) is 68.1 cm³/mol. The zero-order chi connectivity index (χ0) is 13.8. The van der Waals surface area contributed by atoms with Crippen molar-refractivity contribution in [2.24, 2.45) is 5.73 Å². The van der Waals surface area contributed by atoms with Crippen LogP contribution in [0.3, 0.4) is 0 Å². The fourth-order valence-electron chi connectivity index (χ4n) is 1.56. The fourth-order valence-corrected chi connectivity index (χ4v) is 1.56. The highest BCUT2D eigenvalue weighted by Gasteiger charge is 2.04. The highest BCUT2D eigenvalue weighted by Crippen LogP contribution is 2.17. The van der Waals surface area contributed by atoms with Crippen LogP contribution in [0.5, 0.6) is 5.75 Å². The molecule has 0 unspecified atom stereocenters. The lowest BCUT2D eigenvalue weighted by Gasteiger charge is -2.07. The van der Waals surface area contributed by atoms with Crippen LogP contribution in [0.25, 0.3) is 0 Å². The number of nitrogens with one attached hydrogen (secondary N) is 1. The summed E-state index contributed by atoms with van der Waals surface area (Å²) < 4.78 is 31.1. The first kappa shape index (κ1) is 13.0. The molecule has 19 heavy (non-hydrogen) atoms. The third kappa shape index (κ3) is 3.28. The standard InChI is InChI=1S/C14H12F2N2O/c15-12-5-4-11(7-13(12)16)19-8-9-2-1-3-10(6-9)14(17)18/h1-7H,8H2,(H3,17,18). The lowest BCUT2D eigenvalue weighted by atomic mass is 10.1. The summed E-state index contributed by atoms with van der Waals surface area (Å²) in [6.07, 6.45) is 0. The van der Waals surface area contributed by atoms with Crippen LogP contribution in [0.4, 0.5) is 8.78 Å². The largest absolute Gasteiger partial charge is 0.489 e. The van der Waals surface area contributed by atoms with E-state index in [1.165, 1.54) is 6.07 Å². The number of amidine groups is 1. The van der Waals surface area contributed by atoms with Crippen molar-refractivity contribution in [1.29, 1.82) is 5.41 Å². The maximum absolute atomic E-state index is 13.0. The van der Waals surface area contributed by atoms with Crippen molar-refractivity contribution >= 4 is 5.84 Å². The Labute approximate surface area is 109 Å². The van der Waals surface area contributed by atoms with Gasteiger partial charge in [-0.1, -0.05) is 18.2 Å². The Balaban J connectivity index is 2.07. The second kappa shape index (κ2) is 5.48. The highest BCUT2D eigenvalue weighted by molar-refractivity contribution is 5.95. The summed E-state index contributed by atoms with van der Waals surface area (Å²) in [5.74, 6) is -1.65. The minimum absolute atomic E-state index is 0.0327. The average Bonchev–Trinajstić information content (AvgIpc) is 2.40. The summed E-state index contributed by atoms with van der Waals surface area (Å²) in [7, 11) is 0. The van der Waals surface area contributed by atoms with Crippen molar-refractivity contribution in [3.05, 3.63) is 65.2 Å². The van der Waals surface area contributed by atoms with Crippen LogP contribution in [0, 0.1) is 17.0 Å². The molecule has 0 atom stereocenters. The molecule has 5 heteroatoms. The van der Waals surface area contributed by atoms with E-state index in [1.807, 2.05) is 0 Å². The Morgan fingerprint density at radius 2 is 1.89 bits per heavy atom. The second-order valence-electron chi connectivity index (χ2n) is 3.98. The van der Waals surface area contributed by atoms with Crippen molar-refractivity contribution < 1.29 is 13.5 Å². The van der Waals surface area contributed by atoms with Crippen LogP contribution in [0.1, 0.15) is 11.1 Å². The van der Waals surface area contributed by atoms with Gasteiger partial charge in [0.05, 0.1) is 0 Å². The molecule has 0 aromatic heterocycles. The van der Waals surface area contributed by atoms with Gasteiger partial charge in [0.25, 0.3) is 0 Å². The van der Waals surface area contributed by atoms with E-state index in [4.69, 9.17) is 15.9 Å². The van der Waals surface area contributed by atoms with Crippen LogP contribution >= 0.6 is 0 Å². The molecule has 0 aliphatic rings. The molecule has 0 saturated heterocycles. The van der Waals surface area contributed by atoms with E-state index in [1.54, 1.807) is 24.3 Å². The molecule has 0 amide bonds. The maximum atomic E-state index is 13.0. The van der Waals surface area contributed by atoms with Crippen LogP contribution < -0.4 is 10.5 Å². The average molecular weight is 262 g/mol. The molecule has 0 aliphatic heterocycles. The van der Waals surface area contributed by atoms with Gasteiger partial charge in [0.15, 0.2) is 11.6 Å². The fraction of sp³-hybridized carbons (Fsp3) is 0.0714. The van der Waals surface area contributed by atoms with Gasteiger partial charge in [0, 0.05) is 11.6 Å². The second-order valence-corrected chi connectivity index (χ2v) is 3.98. The maximum Gasteiger partial charge on any atom is 0.162 e. The van der Waals surface area contributed by atoms with Gasteiger partial charge in [-0.15, -0.1) is 0 Å². The molecule has 98 valence electrons. The van der Waals surface area contributed by atoms with Gasteiger partial charge in [-0.25, -0.2) is 8.78 Å². The number of rotatable bonds is 4. The van der Waals surface area contributed by atoms with Gasteiger partial charge >= 0.3 is 0 Å². The Hall–Kier alpha value is -2.43. The first-order valence-corrected chi connectivity index (χ1v) is 5.57. The summed E-state index contributed by atoms with van der Waals surface area (Å²) >= 11 is 0. The minimum Gasteiger partial charge on any atom is -0.489 e. The molecule has 0 heterocycles. The smallest absolute Gasteiger partial charge is 0.162 e. The van der Waals surface area contributed by atoms with Crippen molar-refractivity contribution in [2.75, 3.05) is 0 Å². The SMILES string of the molecule is N=C(N)c1cccc(COc2ccc(F)c(F)c2)c1. The zero-order valence-electron chi connectivity index (χ0n) is 9.99. The van der Waals surface area contributed by atoms with Crippen LogP contribution in [-0.2, 0) is 6.61 Å². The molecule has 3 nitrogen and oxygen atoms in total. The van der Waals surface area contributed by atoms with Gasteiger partial charge in [-0.3, -0.25) is 5.41 Å². The summed E-state index contributed by atoms with van der Waals surface area (Å²) in [4.78, 5) is 0. The van der Waals surface area contributed by atoms with Crippen molar-refractivity contribution in [3.63, 3.8) is 0 Å². The van der Waals surface area contributed by atoms with Crippen molar-refractivity contribution in [1.82, 2.24) is 0 Å². The molecular formula is C14H12F2N2O. The van der Waals surface area contributed by atoms with E-state index in [0.29, 0.717) is 5.56 Å². The molecule has 0 fully saturated rings. The Kier molecular flexibility index (Phi) is 3.75. The lowest BCUT2D eigenvalue weighted by Crippen LogP contribution is -2.11. The first-order valence-electron chi connectivity index (χ1n) is 5.57. The summed E-state index contributed by atoms with van der Waals surface area (Å²) in [6.45, 7) is 0.187. The summed E-state index contributed by atoms with van der Waals surface area (Å²) in [6, 6.07) is 10.3. The number of ether oxygens (including phenoxy) is 1. The minimum atomic E-state index is -0.949. The molecule has 3 N–H and O–H groups in total. The summed E-state index contributed by atoms with van der Waals surface area (Å²) in [5.41, 5.74) is 6.76. The van der Waals surface area contributed by atoms with E-state index >= 15 is 0 Å². The van der Waals surface area contributed by atoms with Gasteiger partial charge in [-0.05, 0) is 23.8 Å². The van der Waals surface area contributed by atoms with E-state index in [2.05, 4.69) is 0 Å². The third-order valence-electron chi connectivity index (χ3n) is 2.53. The van der Waals surface area contributed by atoms with E-state index in [0.717, 1.165) is 17.7 Å². The number of hydrogen-bond acceptors (Lipinski definition) is 2. The predicted octanol–water partition coefficient (Wildman–Crippen LogP) is 2.83. The molecule has 0 spiro atoms. The molecular weight excluding hydrogens is 250 g/mol. The Morgan fingerprint density at radius 1 is 1.11 bits per heavy atom. The molecule has 0 saturated carbocycles. The van der Waals surface area contributed by atoms with Gasteiger partial charge in [0.2, 0.25) is 0 Å². The monoisotopic (exact) mass is 262 g/mol. The lowest BCUT2D eigenvalue weighted by molar-refractivity contribution is 0.303. The van der Waals surface area contributed by atoms with E-state index in [9.17, 15) is 8.78 Å². The first-order chi connectivity index (χ1) is 9.06. The highest BCUT2D eigenvalue weighted by atomic mass is 19.2. The Morgan fingerprint density at radius 3 is 2.58 bits per heavy atom. The number of nitrogens with two attached hydrogens (primary N) is 1. The molecule has 0 aliphatic carbocycles. The summed E-state index contributed by atoms with van der Waals surface area (Å²) in [5, 5.41) is 7.33. The Bertz CT molecular complexity index is 614. The zero-order valence-corrected chi connectivity index (χ0v) is 9.99. The van der Waals surface area contributed by atoms with Crippen molar-refractivity contribution in [3.8, 4) is 5.75 Å². The molecule has 2 rings (SSSR count). The topological polar surface area (TPSA) is 59.1 Å². The number of hydrogen-bond donors (Lipinski definition) is 2. The number of nitrogen functional groups attached to an aromatic ring is 1. The van der Waals surface area contributed by atoms with Crippen molar-refractivity contribution in [2.45, 2.75) is 6.61 Å². The number of benzene rings is 2. The molecule has 0 bridgehead atoms. The third-order valence-corrected chi connectivity index (χ3v) is 2.53. The van der Waals surface area contributed by atoms with Crippen LogP contribution in [0.2, 0.25) is 0 Å². The van der Waals surface area contributed by atoms with E-state index in [-0.39, 0.29) is 18.2 Å². The number of halogens is 2. The molecule has 2 aromatic rings. The quantitative estimate of drug-likeness (QED) is 0.657.